The largest absolute Gasteiger partial charge is 0.495 e. The van der Waals surface area contributed by atoms with E-state index in [1.807, 2.05) is 6.92 Å². The number of methoxy groups -OCH3 is 1. The number of aromatic nitrogens is 3. The molecule has 1 aromatic carbocycles. The minimum absolute atomic E-state index is 0.00723. The number of halogens is 1. The van der Waals surface area contributed by atoms with Crippen molar-refractivity contribution in [1.82, 2.24) is 19.5 Å². The molecule has 0 radical (unpaired) electrons. The fraction of sp³-hybridized carbons (Fsp3) is 0.467. The fourth-order valence-electron chi connectivity index (χ4n) is 2.87. The minimum atomic E-state index is -3.62. The molecule has 1 atom stereocenters. The molecule has 1 fully saturated rings. The number of rotatable bonds is 4. The Balaban J connectivity index is 1.85. The highest BCUT2D eigenvalue weighted by Crippen LogP contribution is 2.32. The molecule has 9 heteroatoms. The monoisotopic (exact) mass is 370 g/mol. The van der Waals surface area contributed by atoms with Crippen LogP contribution in [0.3, 0.4) is 0 Å². The Morgan fingerprint density at radius 3 is 2.83 bits per heavy atom. The predicted octanol–water partition coefficient (Wildman–Crippen LogP) is 2.34. The van der Waals surface area contributed by atoms with Gasteiger partial charge in [0.1, 0.15) is 11.6 Å². The van der Waals surface area contributed by atoms with Gasteiger partial charge in [-0.2, -0.15) is 9.40 Å². The summed E-state index contributed by atoms with van der Waals surface area (Å²) in [7, 11) is -2.13. The van der Waals surface area contributed by atoms with Crippen LogP contribution in [0.2, 0.25) is 5.02 Å². The van der Waals surface area contributed by atoms with Gasteiger partial charge < -0.3 is 4.74 Å². The molecule has 1 aliphatic heterocycles. The summed E-state index contributed by atoms with van der Waals surface area (Å²) in [5.41, 5.74) is 0. The molecular weight excluding hydrogens is 352 g/mol. The third-order valence-electron chi connectivity index (χ3n) is 4.12. The zero-order valence-corrected chi connectivity index (χ0v) is 15.1. The van der Waals surface area contributed by atoms with Crippen LogP contribution in [-0.2, 0) is 10.0 Å². The lowest BCUT2D eigenvalue weighted by molar-refractivity contribution is 0.309. The van der Waals surface area contributed by atoms with Crippen LogP contribution in [0.25, 0.3) is 0 Å². The Hall–Kier alpha value is -1.64. The number of hydrogen-bond acceptors (Lipinski definition) is 5. The Morgan fingerprint density at radius 2 is 2.21 bits per heavy atom. The van der Waals surface area contributed by atoms with Gasteiger partial charge in [0, 0.05) is 19.0 Å². The molecule has 1 N–H and O–H groups in total. The van der Waals surface area contributed by atoms with Crippen LogP contribution < -0.4 is 4.74 Å². The number of hydrogen-bond donors (Lipinski definition) is 1. The van der Waals surface area contributed by atoms with Crippen LogP contribution in [0.4, 0.5) is 0 Å². The molecule has 1 aromatic heterocycles. The van der Waals surface area contributed by atoms with Crippen molar-refractivity contribution >= 4 is 21.6 Å². The van der Waals surface area contributed by atoms with E-state index in [0.717, 1.165) is 18.7 Å². The van der Waals surface area contributed by atoms with Gasteiger partial charge in [-0.25, -0.2) is 13.4 Å². The van der Waals surface area contributed by atoms with Crippen molar-refractivity contribution in [2.24, 2.45) is 0 Å². The number of nitrogens with zero attached hydrogens (tertiary/aromatic N) is 3. The molecule has 0 spiro atoms. The summed E-state index contributed by atoms with van der Waals surface area (Å²) >= 11 is 6.07. The van der Waals surface area contributed by atoms with Gasteiger partial charge in [-0.05, 0) is 38.0 Å². The van der Waals surface area contributed by atoms with Crippen LogP contribution in [0.1, 0.15) is 30.4 Å². The van der Waals surface area contributed by atoms with Gasteiger partial charge in [-0.3, -0.25) is 5.10 Å². The number of aromatic amines is 1. The SMILES string of the molecule is COc1ccc(S(=O)(=O)N2CCCC(c3n[nH]c(C)n3)C2)cc1Cl. The second-order valence-electron chi connectivity index (χ2n) is 5.78. The molecule has 2 aromatic rings. The Morgan fingerprint density at radius 1 is 1.42 bits per heavy atom. The highest BCUT2D eigenvalue weighted by atomic mass is 35.5. The molecule has 1 unspecified atom stereocenters. The van der Waals surface area contributed by atoms with Gasteiger partial charge in [0.2, 0.25) is 10.0 Å². The smallest absolute Gasteiger partial charge is 0.243 e. The van der Waals surface area contributed by atoms with E-state index in [2.05, 4.69) is 15.2 Å². The summed E-state index contributed by atoms with van der Waals surface area (Å²) < 4.78 is 32.4. The number of aryl methyl sites for hydroxylation is 1. The summed E-state index contributed by atoms with van der Waals surface area (Å²) in [6, 6.07) is 4.51. The van der Waals surface area contributed by atoms with Gasteiger partial charge in [0.05, 0.1) is 17.0 Å². The highest BCUT2D eigenvalue weighted by Gasteiger charge is 2.32. The number of ether oxygens (including phenoxy) is 1. The second kappa shape index (κ2) is 6.70. The average molecular weight is 371 g/mol. The number of piperidine rings is 1. The number of H-pyrrole nitrogens is 1. The van der Waals surface area contributed by atoms with E-state index in [1.165, 1.54) is 23.5 Å². The third-order valence-corrected chi connectivity index (χ3v) is 6.28. The maximum atomic E-state index is 12.9. The normalized spacial score (nSPS) is 19.4. The Kier molecular flexibility index (Phi) is 4.80. The lowest BCUT2D eigenvalue weighted by atomic mass is 9.99. The van der Waals surface area contributed by atoms with Crippen LogP contribution in [0.5, 0.6) is 5.75 Å². The topological polar surface area (TPSA) is 88.2 Å². The molecule has 130 valence electrons. The lowest BCUT2D eigenvalue weighted by Gasteiger charge is -2.30. The number of nitrogens with one attached hydrogen (secondary N) is 1. The van der Waals surface area contributed by atoms with Crippen molar-refractivity contribution in [1.29, 1.82) is 0 Å². The van der Waals surface area contributed by atoms with E-state index in [1.54, 1.807) is 6.07 Å². The molecule has 0 bridgehead atoms. The first-order valence-corrected chi connectivity index (χ1v) is 9.46. The molecule has 0 saturated carbocycles. The summed E-state index contributed by atoms with van der Waals surface area (Å²) in [6.45, 7) is 2.67. The first kappa shape index (κ1) is 17.2. The van der Waals surface area contributed by atoms with E-state index < -0.39 is 10.0 Å². The summed E-state index contributed by atoms with van der Waals surface area (Å²) in [4.78, 5) is 4.50. The van der Waals surface area contributed by atoms with Crippen molar-refractivity contribution in [2.45, 2.75) is 30.6 Å². The molecule has 2 heterocycles. The van der Waals surface area contributed by atoms with E-state index in [-0.39, 0.29) is 15.8 Å². The fourth-order valence-corrected chi connectivity index (χ4v) is 4.74. The van der Waals surface area contributed by atoms with Crippen LogP contribution in [0, 0.1) is 6.92 Å². The summed E-state index contributed by atoms with van der Waals surface area (Å²) in [6.07, 6.45) is 1.63. The Bertz CT molecular complexity index is 837. The van der Waals surface area contributed by atoms with E-state index in [4.69, 9.17) is 16.3 Å². The first-order valence-electron chi connectivity index (χ1n) is 7.64. The predicted molar refractivity (Wildman–Crippen MR) is 89.9 cm³/mol. The molecule has 1 aliphatic rings. The maximum Gasteiger partial charge on any atom is 0.243 e. The van der Waals surface area contributed by atoms with Crippen LogP contribution in [0.15, 0.2) is 23.1 Å². The van der Waals surface area contributed by atoms with Crippen LogP contribution in [-0.4, -0.2) is 48.1 Å². The molecule has 3 rings (SSSR count). The van der Waals surface area contributed by atoms with E-state index in [9.17, 15) is 8.42 Å². The molecule has 7 nitrogen and oxygen atoms in total. The third kappa shape index (κ3) is 3.26. The van der Waals surface area contributed by atoms with Crippen molar-refractivity contribution in [2.75, 3.05) is 20.2 Å². The zero-order chi connectivity index (χ0) is 17.3. The van der Waals surface area contributed by atoms with Gasteiger partial charge in [0.25, 0.3) is 0 Å². The summed E-state index contributed by atoms with van der Waals surface area (Å²) in [5, 5.41) is 7.26. The standard InChI is InChI=1S/C15H19ClN4O3S/c1-10-17-15(19-18-10)11-4-3-7-20(9-11)24(21,22)12-5-6-14(23-2)13(16)8-12/h5-6,8,11H,3-4,7,9H2,1-2H3,(H,17,18,19). The molecular formula is C15H19ClN4O3S. The lowest BCUT2D eigenvalue weighted by Crippen LogP contribution is -2.39. The summed E-state index contributed by atoms with van der Waals surface area (Å²) in [5.74, 6) is 1.84. The van der Waals surface area contributed by atoms with E-state index in [0.29, 0.717) is 24.7 Å². The maximum absolute atomic E-state index is 12.9. The quantitative estimate of drug-likeness (QED) is 0.892. The minimum Gasteiger partial charge on any atom is -0.495 e. The Labute approximate surface area is 146 Å². The number of sulfonamides is 1. The number of benzene rings is 1. The first-order chi connectivity index (χ1) is 11.4. The van der Waals surface area contributed by atoms with Crippen molar-refractivity contribution in [3.63, 3.8) is 0 Å². The van der Waals surface area contributed by atoms with Gasteiger partial charge in [0.15, 0.2) is 5.82 Å². The molecule has 1 saturated heterocycles. The van der Waals surface area contributed by atoms with Crippen molar-refractivity contribution in [3.8, 4) is 5.75 Å². The van der Waals surface area contributed by atoms with Crippen molar-refractivity contribution in [3.05, 3.63) is 34.9 Å². The van der Waals surface area contributed by atoms with E-state index >= 15 is 0 Å². The van der Waals surface area contributed by atoms with Gasteiger partial charge in [-0.1, -0.05) is 11.6 Å². The average Bonchev–Trinajstić information content (AvgIpc) is 3.01. The van der Waals surface area contributed by atoms with Crippen LogP contribution >= 0.6 is 11.6 Å². The van der Waals surface area contributed by atoms with Crippen molar-refractivity contribution < 1.29 is 13.2 Å². The molecule has 24 heavy (non-hydrogen) atoms. The van der Waals surface area contributed by atoms with Gasteiger partial charge in [-0.15, -0.1) is 0 Å². The van der Waals surface area contributed by atoms with Gasteiger partial charge >= 0.3 is 0 Å². The molecule has 0 amide bonds. The molecule has 0 aliphatic carbocycles. The zero-order valence-electron chi connectivity index (χ0n) is 13.5. The highest BCUT2D eigenvalue weighted by molar-refractivity contribution is 7.89. The second-order valence-corrected chi connectivity index (χ2v) is 8.12.